The lowest BCUT2D eigenvalue weighted by Gasteiger charge is -2.22. The Morgan fingerprint density at radius 3 is 2.69 bits per heavy atom. The maximum atomic E-state index is 6.10. The quantitative estimate of drug-likeness (QED) is 0.349. The van der Waals surface area contributed by atoms with E-state index in [0.29, 0.717) is 23.1 Å². The first-order valence-electron chi connectivity index (χ1n) is 8.35. The first kappa shape index (κ1) is 23.0. The van der Waals surface area contributed by atoms with E-state index in [2.05, 4.69) is 34.3 Å². The van der Waals surface area contributed by atoms with E-state index in [-0.39, 0.29) is 24.0 Å². The van der Waals surface area contributed by atoms with Crippen molar-refractivity contribution in [1.29, 1.82) is 0 Å². The minimum atomic E-state index is 0. The molecule has 0 saturated carbocycles. The number of nitrogens with zero attached hydrogens (tertiary/aromatic N) is 5. The van der Waals surface area contributed by atoms with Crippen LogP contribution in [0.2, 0.25) is 10.0 Å². The molecule has 0 amide bonds. The fourth-order valence-corrected chi connectivity index (χ4v) is 2.78. The average Bonchev–Trinajstić information content (AvgIpc) is 3.05. The number of halogens is 3. The van der Waals surface area contributed by atoms with Gasteiger partial charge in [0, 0.05) is 33.1 Å². The predicted molar refractivity (Wildman–Crippen MR) is 119 cm³/mol. The van der Waals surface area contributed by atoms with E-state index in [1.54, 1.807) is 6.33 Å². The summed E-state index contributed by atoms with van der Waals surface area (Å²) in [6.07, 6.45) is 2.61. The number of hydrogen-bond donors (Lipinski definition) is 1. The van der Waals surface area contributed by atoms with E-state index in [0.717, 1.165) is 36.9 Å². The van der Waals surface area contributed by atoms with E-state index in [9.17, 15) is 0 Å². The van der Waals surface area contributed by atoms with Crippen LogP contribution in [0.4, 0.5) is 0 Å². The molecular weight excluding hydrogens is 486 g/mol. The SMILES string of the molecule is CCNC(=NCCn1cnnc1CC)N(C)Cc1ccc(Cl)c(Cl)c1.I. The van der Waals surface area contributed by atoms with Crippen molar-refractivity contribution in [1.82, 2.24) is 25.0 Å². The van der Waals surface area contributed by atoms with Crippen molar-refractivity contribution < 1.29 is 0 Å². The predicted octanol–water partition coefficient (Wildman–Crippen LogP) is 3.86. The lowest BCUT2D eigenvalue weighted by Crippen LogP contribution is -2.38. The van der Waals surface area contributed by atoms with Crippen molar-refractivity contribution >= 4 is 53.1 Å². The third kappa shape index (κ3) is 6.59. The fourth-order valence-electron chi connectivity index (χ4n) is 2.46. The molecule has 1 aromatic carbocycles. The number of guanidine groups is 1. The van der Waals surface area contributed by atoms with Gasteiger partial charge in [0.2, 0.25) is 0 Å². The number of benzene rings is 1. The summed E-state index contributed by atoms with van der Waals surface area (Å²) >= 11 is 12.1. The van der Waals surface area contributed by atoms with Crippen molar-refractivity contribution in [3.8, 4) is 0 Å². The number of aryl methyl sites for hydroxylation is 1. The molecule has 0 fully saturated rings. The molecule has 0 bridgehead atoms. The lowest BCUT2D eigenvalue weighted by molar-refractivity contribution is 0.475. The van der Waals surface area contributed by atoms with Crippen molar-refractivity contribution in [2.24, 2.45) is 4.99 Å². The molecule has 0 saturated heterocycles. The van der Waals surface area contributed by atoms with Gasteiger partial charge in [-0.3, -0.25) is 4.99 Å². The molecule has 9 heteroatoms. The van der Waals surface area contributed by atoms with Crippen LogP contribution in [0.5, 0.6) is 0 Å². The van der Waals surface area contributed by atoms with Gasteiger partial charge in [0.15, 0.2) is 5.96 Å². The molecular formula is C17H25Cl2IN6. The minimum absolute atomic E-state index is 0. The van der Waals surface area contributed by atoms with Gasteiger partial charge >= 0.3 is 0 Å². The Hall–Kier alpha value is -1.06. The normalized spacial score (nSPS) is 11.2. The summed E-state index contributed by atoms with van der Waals surface area (Å²) in [5, 5.41) is 12.5. The van der Waals surface area contributed by atoms with E-state index in [4.69, 9.17) is 28.2 Å². The molecule has 0 unspecified atom stereocenters. The summed E-state index contributed by atoms with van der Waals surface area (Å²) in [6.45, 7) is 7.02. The second-order valence-corrected chi connectivity index (χ2v) is 6.45. The Morgan fingerprint density at radius 2 is 2.04 bits per heavy atom. The maximum absolute atomic E-state index is 6.10. The second kappa shape index (κ2) is 11.6. The number of hydrogen-bond acceptors (Lipinski definition) is 3. The minimum Gasteiger partial charge on any atom is -0.357 e. The molecule has 6 nitrogen and oxygen atoms in total. The molecule has 0 aliphatic rings. The molecule has 1 N–H and O–H groups in total. The van der Waals surface area contributed by atoms with Crippen molar-refractivity contribution in [2.75, 3.05) is 20.1 Å². The Morgan fingerprint density at radius 1 is 1.27 bits per heavy atom. The molecule has 1 aromatic heterocycles. The second-order valence-electron chi connectivity index (χ2n) is 5.63. The highest BCUT2D eigenvalue weighted by Gasteiger charge is 2.08. The summed E-state index contributed by atoms with van der Waals surface area (Å²) in [6, 6.07) is 5.67. The first-order valence-corrected chi connectivity index (χ1v) is 9.10. The van der Waals surface area contributed by atoms with Gasteiger partial charge in [-0.05, 0) is 24.6 Å². The number of aliphatic imine (C=N–C) groups is 1. The summed E-state index contributed by atoms with van der Waals surface area (Å²) in [5.74, 6) is 1.82. The van der Waals surface area contributed by atoms with Crippen molar-refractivity contribution in [2.45, 2.75) is 33.4 Å². The number of aromatic nitrogens is 3. The number of rotatable bonds is 7. The molecule has 2 rings (SSSR count). The molecule has 1 heterocycles. The molecule has 144 valence electrons. The summed E-state index contributed by atoms with van der Waals surface area (Å²) in [5.41, 5.74) is 1.08. The highest BCUT2D eigenvalue weighted by Crippen LogP contribution is 2.23. The van der Waals surface area contributed by atoms with E-state index in [1.165, 1.54) is 0 Å². The van der Waals surface area contributed by atoms with Gasteiger partial charge in [0.05, 0.1) is 16.6 Å². The maximum Gasteiger partial charge on any atom is 0.194 e. The van der Waals surface area contributed by atoms with E-state index in [1.807, 2.05) is 29.8 Å². The van der Waals surface area contributed by atoms with Gasteiger partial charge in [0.1, 0.15) is 12.2 Å². The van der Waals surface area contributed by atoms with Crippen LogP contribution in [0.3, 0.4) is 0 Å². The Balaban J connectivity index is 0.00000338. The van der Waals surface area contributed by atoms with Crippen LogP contribution >= 0.6 is 47.2 Å². The average molecular weight is 511 g/mol. The van der Waals surface area contributed by atoms with Gasteiger partial charge in [-0.15, -0.1) is 34.2 Å². The number of nitrogens with one attached hydrogen (secondary N) is 1. The molecule has 0 atom stereocenters. The molecule has 0 aliphatic carbocycles. The van der Waals surface area contributed by atoms with Gasteiger partial charge in [-0.1, -0.05) is 36.2 Å². The summed E-state index contributed by atoms with van der Waals surface area (Å²) < 4.78 is 2.03. The van der Waals surface area contributed by atoms with Crippen molar-refractivity contribution in [3.05, 3.63) is 46.0 Å². The molecule has 0 spiro atoms. The zero-order valence-electron chi connectivity index (χ0n) is 15.2. The van der Waals surface area contributed by atoms with Crippen LogP contribution in [0, 0.1) is 0 Å². The van der Waals surface area contributed by atoms with Gasteiger partial charge in [0.25, 0.3) is 0 Å². The fraction of sp³-hybridized carbons (Fsp3) is 0.471. The van der Waals surface area contributed by atoms with Crippen LogP contribution in [0.1, 0.15) is 25.2 Å². The first-order chi connectivity index (χ1) is 12.0. The van der Waals surface area contributed by atoms with Crippen LogP contribution < -0.4 is 5.32 Å². The van der Waals surface area contributed by atoms with E-state index >= 15 is 0 Å². The van der Waals surface area contributed by atoms with Crippen LogP contribution in [0.15, 0.2) is 29.5 Å². The third-order valence-electron chi connectivity index (χ3n) is 3.71. The third-order valence-corrected chi connectivity index (χ3v) is 4.45. The standard InChI is InChI=1S/C17H24Cl2N6.HI/c1-4-16-23-22-12-25(16)9-8-21-17(20-5-2)24(3)11-13-6-7-14(18)15(19)10-13;/h6-7,10,12H,4-5,8-9,11H2,1-3H3,(H,20,21);1H. The van der Waals surface area contributed by atoms with Crippen LogP contribution in [-0.2, 0) is 19.5 Å². The van der Waals surface area contributed by atoms with E-state index < -0.39 is 0 Å². The Kier molecular flexibility index (Phi) is 10.3. The molecule has 0 aliphatic heterocycles. The van der Waals surface area contributed by atoms with Crippen molar-refractivity contribution in [3.63, 3.8) is 0 Å². The van der Waals surface area contributed by atoms with Crippen LogP contribution in [-0.4, -0.2) is 45.8 Å². The Bertz CT molecular complexity index is 719. The molecule has 2 aromatic rings. The Labute approximate surface area is 182 Å². The van der Waals surface area contributed by atoms with Gasteiger partial charge in [-0.25, -0.2) is 0 Å². The topological polar surface area (TPSA) is 58.3 Å². The summed E-state index contributed by atoms with van der Waals surface area (Å²) in [7, 11) is 2.00. The smallest absolute Gasteiger partial charge is 0.194 e. The lowest BCUT2D eigenvalue weighted by atomic mass is 10.2. The van der Waals surface area contributed by atoms with Gasteiger partial charge in [-0.2, -0.15) is 0 Å². The van der Waals surface area contributed by atoms with Crippen LogP contribution in [0.25, 0.3) is 0 Å². The highest BCUT2D eigenvalue weighted by molar-refractivity contribution is 14.0. The zero-order chi connectivity index (χ0) is 18.2. The molecule has 0 radical (unpaired) electrons. The summed E-state index contributed by atoms with van der Waals surface area (Å²) in [4.78, 5) is 6.76. The highest BCUT2D eigenvalue weighted by atomic mass is 127. The monoisotopic (exact) mass is 510 g/mol. The zero-order valence-corrected chi connectivity index (χ0v) is 19.1. The largest absolute Gasteiger partial charge is 0.357 e. The van der Waals surface area contributed by atoms with Gasteiger partial charge < -0.3 is 14.8 Å². The molecule has 26 heavy (non-hydrogen) atoms.